The number of nitrogens with zero attached hydrogens (tertiary/aromatic N) is 2. The Balaban J connectivity index is 2.04. The predicted molar refractivity (Wildman–Crippen MR) is 96.9 cm³/mol. The maximum Gasteiger partial charge on any atom is 0.271 e. The number of nitro groups is 1. The zero-order valence-corrected chi connectivity index (χ0v) is 14.5. The van der Waals surface area contributed by atoms with Crippen LogP contribution in [0.1, 0.15) is 29.3 Å². The fourth-order valence-electron chi connectivity index (χ4n) is 2.09. The summed E-state index contributed by atoms with van der Waals surface area (Å²) >= 11 is 0. The van der Waals surface area contributed by atoms with Crippen LogP contribution in [0.25, 0.3) is 0 Å². The lowest BCUT2D eigenvalue weighted by molar-refractivity contribution is -0.384. The Labute approximate surface area is 150 Å². The smallest absolute Gasteiger partial charge is 0.271 e. The zero-order valence-electron chi connectivity index (χ0n) is 14.5. The quantitative estimate of drug-likeness (QED) is 0.444. The summed E-state index contributed by atoms with van der Waals surface area (Å²) in [6, 6.07) is 10.7. The van der Waals surface area contributed by atoms with E-state index in [-0.39, 0.29) is 11.3 Å². The molecule has 0 heterocycles. The highest BCUT2D eigenvalue weighted by atomic mass is 16.6. The number of hydrogen-bond donors (Lipinski definition) is 1. The van der Waals surface area contributed by atoms with Crippen LogP contribution in [0.15, 0.2) is 47.6 Å². The van der Waals surface area contributed by atoms with Crippen LogP contribution in [0.3, 0.4) is 0 Å². The van der Waals surface area contributed by atoms with Crippen molar-refractivity contribution in [3.63, 3.8) is 0 Å². The molecule has 1 amide bonds. The van der Waals surface area contributed by atoms with E-state index in [2.05, 4.69) is 10.5 Å². The molecule has 0 aliphatic rings. The van der Waals surface area contributed by atoms with Crippen LogP contribution < -0.4 is 14.9 Å². The van der Waals surface area contributed by atoms with Gasteiger partial charge in [0.1, 0.15) is 0 Å². The van der Waals surface area contributed by atoms with Gasteiger partial charge >= 0.3 is 0 Å². The largest absolute Gasteiger partial charge is 0.493 e. The van der Waals surface area contributed by atoms with Gasteiger partial charge in [-0.1, -0.05) is 13.0 Å². The molecule has 1 N–H and O–H groups in total. The zero-order chi connectivity index (χ0) is 18.9. The summed E-state index contributed by atoms with van der Waals surface area (Å²) in [6.45, 7) is 2.60. The Kier molecular flexibility index (Phi) is 6.67. The summed E-state index contributed by atoms with van der Waals surface area (Å²) < 4.78 is 10.8. The molecule has 0 radical (unpaired) electrons. The number of nitrogens with one attached hydrogen (secondary N) is 1. The summed E-state index contributed by atoms with van der Waals surface area (Å²) in [5, 5.41) is 14.6. The second-order valence-corrected chi connectivity index (χ2v) is 5.27. The minimum absolute atomic E-state index is 0.150. The molecular formula is C18H19N3O5. The number of carbonyl (C=O) groups is 1. The molecule has 0 unspecified atom stereocenters. The third-order valence-corrected chi connectivity index (χ3v) is 3.35. The normalized spacial score (nSPS) is 10.5. The first-order valence-corrected chi connectivity index (χ1v) is 7.94. The van der Waals surface area contributed by atoms with Crippen molar-refractivity contribution in [2.45, 2.75) is 13.3 Å². The molecule has 0 fully saturated rings. The Morgan fingerprint density at radius 1 is 1.27 bits per heavy atom. The average Bonchev–Trinajstić information content (AvgIpc) is 2.66. The number of ether oxygens (including phenoxy) is 2. The number of amides is 1. The van der Waals surface area contributed by atoms with E-state index in [4.69, 9.17) is 9.47 Å². The topological polar surface area (TPSA) is 103 Å². The lowest BCUT2D eigenvalue weighted by atomic mass is 10.2. The van der Waals surface area contributed by atoms with Crippen molar-refractivity contribution in [2.75, 3.05) is 13.7 Å². The molecule has 0 aliphatic carbocycles. The molecule has 0 saturated heterocycles. The predicted octanol–water partition coefficient (Wildman–Crippen LogP) is 3.16. The van der Waals surface area contributed by atoms with Gasteiger partial charge in [-0.25, -0.2) is 5.43 Å². The van der Waals surface area contributed by atoms with Gasteiger partial charge in [-0.3, -0.25) is 14.9 Å². The third kappa shape index (κ3) is 5.04. The summed E-state index contributed by atoms with van der Waals surface area (Å²) in [5.74, 6) is 0.652. The number of hydrogen-bond acceptors (Lipinski definition) is 6. The molecule has 8 heteroatoms. The molecular weight excluding hydrogens is 338 g/mol. The van der Waals surface area contributed by atoms with Gasteiger partial charge in [0, 0.05) is 17.7 Å². The summed E-state index contributed by atoms with van der Waals surface area (Å²) in [5.41, 5.74) is 3.03. The number of hydrazone groups is 1. The van der Waals surface area contributed by atoms with Gasteiger partial charge in [0.05, 0.1) is 24.9 Å². The number of rotatable bonds is 8. The Hall–Kier alpha value is -3.42. The summed E-state index contributed by atoms with van der Waals surface area (Å²) in [4.78, 5) is 22.2. The molecule has 8 nitrogen and oxygen atoms in total. The molecule has 0 atom stereocenters. The molecule has 26 heavy (non-hydrogen) atoms. The van der Waals surface area contributed by atoms with Crippen molar-refractivity contribution >= 4 is 17.8 Å². The minimum atomic E-state index is -0.561. The van der Waals surface area contributed by atoms with E-state index < -0.39 is 10.8 Å². The van der Waals surface area contributed by atoms with E-state index >= 15 is 0 Å². The highest BCUT2D eigenvalue weighted by Crippen LogP contribution is 2.27. The molecule has 0 aliphatic heterocycles. The monoisotopic (exact) mass is 357 g/mol. The van der Waals surface area contributed by atoms with E-state index in [1.807, 2.05) is 6.92 Å². The maximum atomic E-state index is 12.0. The van der Waals surface area contributed by atoms with Crippen molar-refractivity contribution in [3.05, 3.63) is 63.7 Å². The highest BCUT2D eigenvalue weighted by Gasteiger charge is 2.10. The molecule has 0 saturated carbocycles. The molecule has 0 spiro atoms. The van der Waals surface area contributed by atoms with Crippen molar-refractivity contribution < 1.29 is 19.2 Å². The summed E-state index contributed by atoms with van der Waals surface area (Å²) in [7, 11) is 1.54. The van der Waals surface area contributed by atoms with Crippen LogP contribution >= 0.6 is 0 Å². The van der Waals surface area contributed by atoms with Crippen LogP contribution in [0.2, 0.25) is 0 Å². The minimum Gasteiger partial charge on any atom is -0.493 e. The summed E-state index contributed by atoms with van der Waals surface area (Å²) in [6.07, 6.45) is 2.33. The van der Waals surface area contributed by atoms with Crippen LogP contribution in [0.5, 0.6) is 11.5 Å². The van der Waals surface area contributed by atoms with E-state index in [0.29, 0.717) is 23.7 Å². The average molecular weight is 357 g/mol. The fraction of sp³-hybridized carbons (Fsp3) is 0.222. The number of methoxy groups -OCH3 is 1. The molecule has 2 aromatic carbocycles. The first-order valence-electron chi connectivity index (χ1n) is 7.94. The van der Waals surface area contributed by atoms with Gasteiger partial charge in [0.2, 0.25) is 0 Å². The second-order valence-electron chi connectivity index (χ2n) is 5.27. The van der Waals surface area contributed by atoms with Crippen LogP contribution in [0, 0.1) is 10.1 Å². The Bertz CT molecular complexity index is 820. The van der Waals surface area contributed by atoms with E-state index in [1.165, 1.54) is 30.5 Å². The second kappa shape index (κ2) is 9.16. The van der Waals surface area contributed by atoms with E-state index in [1.54, 1.807) is 25.3 Å². The number of benzene rings is 2. The number of non-ortho nitro benzene ring substituents is 1. The maximum absolute atomic E-state index is 12.0. The SMILES string of the molecule is CCCOc1ccc(/C=N/NC(=O)c2cccc([N+](=O)[O-])c2)cc1OC. The van der Waals surface area contributed by atoms with Crippen LogP contribution in [-0.2, 0) is 0 Å². The van der Waals surface area contributed by atoms with Gasteiger partial charge in [0.15, 0.2) is 11.5 Å². The molecule has 0 bridgehead atoms. The van der Waals surface area contributed by atoms with Gasteiger partial charge < -0.3 is 9.47 Å². The van der Waals surface area contributed by atoms with Crippen molar-refractivity contribution in [2.24, 2.45) is 5.10 Å². The lowest BCUT2D eigenvalue weighted by Gasteiger charge is -2.10. The number of carbonyl (C=O) groups excluding carboxylic acids is 1. The van der Waals surface area contributed by atoms with Crippen molar-refractivity contribution in [1.82, 2.24) is 5.43 Å². The van der Waals surface area contributed by atoms with Gasteiger partial charge in [-0.15, -0.1) is 0 Å². The van der Waals surface area contributed by atoms with Crippen molar-refractivity contribution in [1.29, 1.82) is 0 Å². The standard InChI is InChI=1S/C18H19N3O5/c1-3-9-26-16-8-7-13(10-17(16)25-2)12-19-20-18(22)14-5-4-6-15(11-14)21(23)24/h4-8,10-12H,3,9H2,1-2H3,(H,20,22)/b19-12+. The van der Waals surface area contributed by atoms with Crippen LogP contribution in [0.4, 0.5) is 5.69 Å². The van der Waals surface area contributed by atoms with E-state index in [0.717, 1.165) is 6.42 Å². The van der Waals surface area contributed by atoms with Crippen molar-refractivity contribution in [3.8, 4) is 11.5 Å². The molecule has 0 aromatic heterocycles. The number of nitro benzene ring substituents is 1. The van der Waals surface area contributed by atoms with Crippen LogP contribution in [-0.4, -0.2) is 30.8 Å². The third-order valence-electron chi connectivity index (χ3n) is 3.35. The molecule has 2 rings (SSSR count). The lowest BCUT2D eigenvalue weighted by Crippen LogP contribution is -2.17. The molecule has 136 valence electrons. The van der Waals surface area contributed by atoms with Gasteiger partial charge in [-0.2, -0.15) is 5.10 Å². The first kappa shape index (κ1) is 18.9. The van der Waals surface area contributed by atoms with Gasteiger partial charge in [-0.05, 0) is 36.2 Å². The fourth-order valence-corrected chi connectivity index (χ4v) is 2.09. The van der Waals surface area contributed by atoms with E-state index in [9.17, 15) is 14.9 Å². The Morgan fingerprint density at radius 3 is 2.77 bits per heavy atom. The first-order chi connectivity index (χ1) is 12.5. The molecule has 2 aromatic rings. The van der Waals surface area contributed by atoms with Gasteiger partial charge in [0.25, 0.3) is 11.6 Å². The highest BCUT2D eigenvalue weighted by molar-refractivity contribution is 5.95. The Morgan fingerprint density at radius 2 is 2.08 bits per heavy atom.